The van der Waals surface area contributed by atoms with E-state index in [0.29, 0.717) is 18.8 Å². The molecule has 1 atom stereocenters. The summed E-state index contributed by atoms with van der Waals surface area (Å²) < 4.78 is 11.1. The Labute approximate surface area is 172 Å². The monoisotopic (exact) mass is 393 g/mol. The van der Waals surface area contributed by atoms with Gasteiger partial charge in [-0.05, 0) is 42.8 Å². The normalized spacial score (nSPS) is 11.8. The molecular weight excluding hydrogens is 364 g/mol. The third-order valence-electron chi connectivity index (χ3n) is 4.76. The molecule has 0 aliphatic heterocycles. The Kier molecular flexibility index (Phi) is 7.47. The Morgan fingerprint density at radius 3 is 2.28 bits per heavy atom. The van der Waals surface area contributed by atoms with E-state index in [4.69, 9.17) is 9.15 Å². The van der Waals surface area contributed by atoms with Crippen LogP contribution in [0.1, 0.15) is 40.8 Å². The van der Waals surface area contributed by atoms with Crippen LogP contribution in [0.2, 0.25) is 0 Å². The van der Waals surface area contributed by atoms with Crippen LogP contribution in [-0.4, -0.2) is 19.6 Å². The van der Waals surface area contributed by atoms with E-state index < -0.39 is 0 Å². The molecule has 29 heavy (non-hydrogen) atoms. The highest BCUT2D eigenvalue weighted by Crippen LogP contribution is 2.11. The molecule has 0 bridgehead atoms. The molecule has 0 saturated carbocycles. The maximum Gasteiger partial charge on any atom is 0.286 e. The lowest BCUT2D eigenvalue weighted by Gasteiger charge is -2.19. The van der Waals surface area contributed by atoms with Gasteiger partial charge in [-0.2, -0.15) is 0 Å². The summed E-state index contributed by atoms with van der Waals surface area (Å²) in [7, 11) is 1.67. The maximum atomic E-state index is 12.1. The number of rotatable bonds is 10. The Bertz CT molecular complexity index is 888. The third-order valence-corrected chi connectivity index (χ3v) is 4.76. The van der Waals surface area contributed by atoms with Gasteiger partial charge in [-0.15, -0.1) is 0 Å². The van der Waals surface area contributed by atoms with Gasteiger partial charge in [0.2, 0.25) is 0 Å². The van der Waals surface area contributed by atoms with Crippen LogP contribution >= 0.6 is 0 Å². The SMILES string of the molecule is CCCNC(=O)c1ccc(C[NH+](Cc2ccccc2)Cc2ccc(OC)cc2)o1. The number of nitrogens with one attached hydrogen (secondary N) is 2. The van der Waals surface area contributed by atoms with Crippen LogP contribution in [0.4, 0.5) is 0 Å². The molecule has 0 radical (unpaired) electrons. The van der Waals surface area contributed by atoms with Crippen molar-refractivity contribution in [2.75, 3.05) is 13.7 Å². The van der Waals surface area contributed by atoms with Gasteiger partial charge in [0.05, 0.1) is 7.11 Å². The molecule has 1 aromatic heterocycles. The molecule has 1 unspecified atom stereocenters. The third kappa shape index (κ3) is 6.22. The van der Waals surface area contributed by atoms with Crippen molar-refractivity contribution in [3.05, 3.63) is 89.4 Å². The number of furan rings is 1. The molecule has 0 spiro atoms. The van der Waals surface area contributed by atoms with E-state index in [1.165, 1.54) is 16.0 Å². The number of methoxy groups -OCH3 is 1. The second kappa shape index (κ2) is 10.5. The predicted molar refractivity (Wildman–Crippen MR) is 113 cm³/mol. The molecular formula is C24H29N2O3+. The van der Waals surface area contributed by atoms with Crippen LogP contribution in [-0.2, 0) is 19.6 Å². The van der Waals surface area contributed by atoms with Gasteiger partial charge in [0, 0.05) is 17.7 Å². The van der Waals surface area contributed by atoms with E-state index in [-0.39, 0.29) is 5.91 Å². The predicted octanol–water partition coefficient (Wildman–Crippen LogP) is 3.21. The minimum Gasteiger partial charge on any atom is -0.497 e. The molecule has 0 fully saturated rings. The van der Waals surface area contributed by atoms with E-state index >= 15 is 0 Å². The van der Waals surface area contributed by atoms with Crippen molar-refractivity contribution < 1.29 is 18.8 Å². The summed E-state index contributed by atoms with van der Waals surface area (Å²) in [5.74, 6) is 1.88. The van der Waals surface area contributed by atoms with E-state index in [1.807, 2.05) is 31.2 Å². The molecule has 2 aromatic carbocycles. The van der Waals surface area contributed by atoms with Gasteiger partial charge < -0.3 is 19.4 Å². The van der Waals surface area contributed by atoms with E-state index in [2.05, 4.69) is 41.7 Å². The topological polar surface area (TPSA) is 55.9 Å². The van der Waals surface area contributed by atoms with Crippen molar-refractivity contribution in [2.45, 2.75) is 33.0 Å². The van der Waals surface area contributed by atoms with Crippen molar-refractivity contribution in [1.29, 1.82) is 0 Å². The summed E-state index contributed by atoms with van der Waals surface area (Å²) in [6, 6.07) is 22.2. The minimum atomic E-state index is -0.155. The van der Waals surface area contributed by atoms with Gasteiger partial charge in [-0.3, -0.25) is 4.79 Å². The summed E-state index contributed by atoms with van der Waals surface area (Å²) in [6.07, 6.45) is 0.899. The van der Waals surface area contributed by atoms with Crippen LogP contribution in [0.25, 0.3) is 0 Å². The summed E-state index contributed by atoms with van der Waals surface area (Å²) in [5, 5.41) is 2.85. The van der Waals surface area contributed by atoms with Gasteiger partial charge in [0.15, 0.2) is 11.5 Å². The molecule has 0 saturated heterocycles. The minimum absolute atomic E-state index is 0.155. The fourth-order valence-electron chi connectivity index (χ4n) is 3.27. The van der Waals surface area contributed by atoms with Gasteiger partial charge >= 0.3 is 0 Å². The van der Waals surface area contributed by atoms with Crippen molar-refractivity contribution >= 4 is 5.91 Å². The Hall–Kier alpha value is -3.05. The molecule has 1 amide bonds. The number of amides is 1. The van der Waals surface area contributed by atoms with Crippen LogP contribution in [0.3, 0.4) is 0 Å². The number of benzene rings is 2. The number of hydrogen-bond acceptors (Lipinski definition) is 3. The number of ether oxygens (including phenoxy) is 1. The zero-order chi connectivity index (χ0) is 20.5. The van der Waals surface area contributed by atoms with E-state index in [9.17, 15) is 4.79 Å². The molecule has 1 heterocycles. The van der Waals surface area contributed by atoms with Crippen molar-refractivity contribution in [3.8, 4) is 5.75 Å². The summed E-state index contributed by atoms with van der Waals surface area (Å²) in [6.45, 7) is 5.08. The first-order valence-corrected chi connectivity index (χ1v) is 10.0. The highest BCUT2D eigenvalue weighted by molar-refractivity contribution is 5.91. The lowest BCUT2D eigenvalue weighted by atomic mass is 10.1. The second-order valence-electron chi connectivity index (χ2n) is 7.14. The summed E-state index contributed by atoms with van der Waals surface area (Å²) in [5.41, 5.74) is 2.49. The lowest BCUT2D eigenvalue weighted by molar-refractivity contribution is -0.942. The molecule has 2 N–H and O–H groups in total. The highest BCUT2D eigenvalue weighted by atomic mass is 16.5. The first-order valence-electron chi connectivity index (χ1n) is 10.0. The van der Waals surface area contributed by atoms with Gasteiger partial charge in [0.25, 0.3) is 5.91 Å². The van der Waals surface area contributed by atoms with E-state index in [1.54, 1.807) is 13.2 Å². The fourth-order valence-corrected chi connectivity index (χ4v) is 3.27. The Morgan fingerprint density at radius 2 is 1.62 bits per heavy atom. The van der Waals surface area contributed by atoms with E-state index in [0.717, 1.165) is 31.0 Å². The number of hydrogen-bond donors (Lipinski definition) is 2. The summed E-state index contributed by atoms with van der Waals surface area (Å²) >= 11 is 0. The second-order valence-corrected chi connectivity index (χ2v) is 7.14. The van der Waals surface area contributed by atoms with Crippen LogP contribution < -0.4 is 15.0 Å². The largest absolute Gasteiger partial charge is 0.497 e. The number of quaternary nitrogens is 1. The van der Waals surface area contributed by atoms with Crippen molar-refractivity contribution in [3.63, 3.8) is 0 Å². The van der Waals surface area contributed by atoms with Gasteiger partial charge in [0.1, 0.15) is 25.4 Å². The molecule has 5 heteroatoms. The molecule has 0 aliphatic carbocycles. The molecule has 5 nitrogen and oxygen atoms in total. The molecule has 3 rings (SSSR count). The van der Waals surface area contributed by atoms with Crippen LogP contribution in [0, 0.1) is 0 Å². The standard InChI is InChI=1S/C24H28N2O3/c1-3-15-25-24(27)23-14-13-22(29-23)18-26(16-19-7-5-4-6-8-19)17-20-9-11-21(28-2)12-10-20/h4-14H,3,15-18H2,1-2H3,(H,25,27)/p+1. The lowest BCUT2D eigenvalue weighted by Crippen LogP contribution is -3.08. The fraction of sp³-hybridized carbons (Fsp3) is 0.292. The molecule has 0 aliphatic rings. The quantitative estimate of drug-likeness (QED) is 0.556. The van der Waals surface area contributed by atoms with Crippen molar-refractivity contribution in [2.24, 2.45) is 0 Å². The number of carbonyl (C=O) groups excluding carboxylic acids is 1. The van der Waals surface area contributed by atoms with Crippen molar-refractivity contribution in [1.82, 2.24) is 5.32 Å². The zero-order valence-corrected chi connectivity index (χ0v) is 17.1. The van der Waals surface area contributed by atoms with Crippen LogP contribution in [0.5, 0.6) is 5.75 Å². The molecule has 152 valence electrons. The number of carbonyl (C=O) groups is 1. The average Bonchev–Trinajstić information content (AvgIpc) is 3.22. The zero-order valence-electron chi connectivity index (χ0n) is 17.1. The summed E-state index contributed by atoms with van der Waals surface area (Å²) in [4.78, 5) is 13.5. The average molecular weight is 394 g/mol. The maximum absolute atomic E-state index is 12.1. The van der Waals surface area contributed by atoms with Gasteiger partial charge in [-0.1, -0.05) is 37.3 Å². The smallest absolute Gasteiger partial charge is 0.286 e. The first kappa shape index (κ1) is 20.7. The highest BCUT2D eigenvalue weighted by Gasteiger charge is 2.17. The Morgan fingerprint density at radius 1 is 0.931 bits per heavy atom. The van der Waals surface area contributed by atoms with Crippen LogP contribution in [0.15, 0.2) is 71.1 Å². The van der Waals surface area contributed by atoms with Gasteiger partial charge in [-0.25, -0.2) is 0 Å². The first-order chi connectivity index (χ1) is 14.2. The molecule has 3 aromatic rings. The Balaban J connectivity index is 1.72.